The normalized spacial score (nSPS) is 9.55. The van der Waals surface area contributed by atoms with E-state index in [1.807, 2.05) is 0 Å². The highest BCUT2D eigenvalue weighted by Gasteiger charge is 1.99. The van der Waals surface area contributed by atoms with Gasteiger partial charge in [0.25, 0.3) is 0 Å². The van der Waals surface area contributed by atoms with E-state index < -0.39 is 17.8 Å². The number of hydrogen-bond acceptors (Lipinski definition) is 4. The van der Waals surface area contributed by atoms with E-state index >= 15 is 0 Å². The first-order valence-electron chi connectivity index (χ1n) is 2.72. The summed E-state index contributed by atoms with van der Waals surface area (Å²) in [4.78, 5) is 30.6. The quantitative estimate of drug-likeness (QED) is 0.320. The molecule has 0 rings (SSSR count). The van der Waals surface area contributed by atoms with Gasteiger partial charge in [0.2, 0.25) is 5.91 Å². The first-order chi connectivity index (χ1) is 5.02. The summed E-state index contributed by atoms with van der Waals surface area (Å²) in [5, 5.41) is 0. The molecule has 1 amide bonds. The van der Waals surface area contributed by atoms with Crippen molar-refractivity contribution in [1.82, 2.24) is 0 Å². The van der Waals surface area contributed by atoms with E-state index in [2.05, 4.69) is 10.5 Å². The summed E-state index contributed by atoms with van der Waals surface area (Å²) in [6.07, 6.45) is 1.59. The van der Waals surface area contributed by atoms with E-state index in [4.69, 9.17) is 0 Å². The van der Waals surface area contributed by atoms with Crippen molar-refractivity contribution in [3.63, 3.8) is 0 Å². The fraction of sp³-hybridized carbons (Fsp3) is 0.167. The first-order valence-corrected chi connectivity index (χ1v) is 2.72. The Morgan fingerprint density at radius 1 is 1.27 bits per heavy atom. The van der Waals surface area contributed by atoms with Gasteiger partial charge in [0.05, 0.1) is 0 Å². The highest BCUT2D eigenvalue weighted by molar-refractivity contribution is 5.97. The second-order valence-corrected chi connectivity index (χ2v) is 1.65. The smallest absolute Gasteiger partial charge is 0.338 e. The van der Waals surface area contributed by atoms with Crippen molar-refractivity contribution < 1.29 is 19.1 Å². The molecule has 0 saturated carbocycles. The third-order valence-electron chi connectivity index (χ3n) is 0.628. The van der Waals surface area contributed by atoms with Crippen LogP contribution in [-0.4, -0.2) is 17.8 Å². The van der Waals surface area contributed by atoms with Crippen LogP contribution in [0.25, 0.3) is 0 Å². The first kappa shape index (κ1) is 9.35. The van der Waals surface area contributed by atoms with E-state index in [1.54, 1.807) is 0 Å². The number of rotatable bonds is 2. The summed E-state index contributed by atoms with van der Waals surface area (Å²) in [6.45, 7) is 1.08. The standard InChI is InChI=1S/C6H7NO4/c1-4(8)11-6(10)3-2-5(7)9/h2-3H,1H3,(H2,7,9)/b3-2-. The van der Waals surface area contributed by atoms with Crippen LogP contribution in [0.2, 0.25) is 0 Å². The lowest BCUT2D eigenvalue weighted by molar-refractivity contribution is -0.154. The average molecular weight is 157 g/mol. The van der Waals surface area contributed by atoms with Gasteiger partial charge in [-0.15, -0.1) is 0 Å². The molecule has 0 radical (unpaired) electrons. The van der Waals surface area contributed by atoms with Gasteiger partial charge in [0.1, 0.15) is 0 Å². The molecule has 0 atom stereocenters. The minimum atomic E-state index is -0.906. The molecular weight excluding hydrogens is 150 g/mol. The van der Waals surface area contributed by atoms with Crippen LogP contribution in [0.15, 0.2) is 12.2 Å². The van der Waals surface area contributed by atoms with Crippen LogP contribution in [-0.2, 0) is 19.1 Å². The maximum Gasteiger partial charge on any atom is 0.338 e. The summed E-state index contributed by atoms with van der Waals surface area (Å²) in [5.74, 6) is -2.41. The molecule has 5 nitrogen and oxygen atoms in total. The molecular formula is C6H7NO4. The molecule has 0 aliphatic carbocycles. The van der Waals surface area contributed by atoms with Crippen molar-refractivity contribution in [3.05, 3.63) is 12.2 Å². The summed E-state index contributed by atoms with van der Waals surface area (Å²) in [7, 11) is 0. The molecule has 60 valence electrons. The zero-order valence-electron chi connectivity index (χ0n) is 5.87. The summed E-state index contributed by atoms with van der Waals surface area (Å²) in [5.41, 5.74) is 4.65. The molecule has 0 fully saturated rings. The van der Waals surface area contributed by atoms with E-state index in [9.17, 15) is 14.4 Å². The number of carbonyl (C=O) groups excluding carboxylic acids is 3. The number of nitrogens with two attached hydrogens (primary N) is 1. The number of hydrogen-bond donors (Lipinski definition) is 1. The molecule has 0 aliphatic heterocycles. The second-order valence-electron chi connectivity index (χ2n) is 1.65. The van der Waals surface area contributed by atoms with Crippen LogP contribution in [0.1, 0.15) is 6.92 Å². The van der Waals surface area contributed by atoms with Crippen molar-refractivity contribution in [2.45, 2.75) is 6.92 Å². The monoisotopic (exact) mass is 157 g/mol. The Morgan fingerprint density at radius 3 is 2.18 bits per heavy atom. The highest BCUT2D eigenvalue weighted by Crippen LogP contribution is 1.81. The Balaban J connectivity index is 3.88. The molecule has 0 bridgehead atoms. The molecule has 0 saturated heterocycles. The summed E-state index contributed by atoms with van der Waals surface area (Å²) in [6, 6.07) is 0. The predicted molar refractivity (Wildman–Crippen MR) is 35.1 cm³/mol. The van der Waals surface area contributed by atoms with E-state index in [1.165, 1.54) is 0 Å². The van der Waals surface area contributed by atoms with Crippen molar-refractivity contribution in [2.75, 3.05) is 0 Å². The number of carbonyl (C=O) groups is 3. The zero-order valence-corrected chi connectivity index (χ0v) is 5.87. The lowest BCUT2D eigenvalue weighted by atomic mass is 10.5. The third kappa shape index (κ3) is 6.23. The summed E-state index contributed by atoms with van der Waals surface area (Å²) >= 11 is 0. The van der Waals surface area contributed by atoms with Crippen LogP contribution in [0.3, 0.4) is 0 Å². The van der Waals surface area contributed by atoms with Gasteiger partial charge < -0.3 is 10.5 Å². The van der Waals surface area contributed by atoms with Crippen LogP contribution in [0, 0.1) is 0 Å². The second kappa shape index (κ2) is 4.21. The van der Waals surface area contributed by atoms with Crippen LogP contribution >= 0.6 is 0 Å². The number of primary amides is 1. The van der Waals surface area contributed by atoms with Crippen LogP contribution in [0.5, 0.6) is 0 Å². The van der Waals surface area contributed by atoms with Crippen molar-refractivity contribution in [2.24, 2.45) is 5.73 Å². The van der Waals surface area contributed by atoms with Crippen LogP contribution in [0.4, 0.5) is 0 Å². The van der Waals surface area contributed by atoms with Gasteiger partial charge in [-0.3, -0.25) is 9.59 Å². The average Bonchev–Trinajstić information content (AvgIpc) is 1.82. The maximum absolute atomic E-state index is 10.4. The van der Waals surface area contributed by atoms with Crippen LogP contribution < -0.4 is 5.73 Å². The largest absolute Gasteiger partial charge is 0.390 e. The summed E-state index contributed by atoms with van der Waals surface area (Å²) < 4.78 is 4.03. The maximum atomic E-state index is 10.4. The lowest BCUT2D eigenvalue weighted by Crippen LogP contribution is -2.09. The van der Waals surface area contributed by atoms with Gasteiger partial charge in [-0.25, -0.2) is 4.79 Å². The Bertz CT molecular complexity index is 219. The number of ether oxygens (including phenoxy) is 1. The number of amides is 1. The molecule has 0 aromatic rings. The van der Waals surface area contributed by atoms with E-state index in [0.717, 1.165) is 19.1 Å². The number of esters is 2. The Kier molecular flexibility index (Phi) is 3.58. The Morgan fingerprint density at radius 2 is 1.82 bits per heavy atom. The Hall–Kier alpha value is -1.65. The fourth-order valence-electron chi connectivity index (χ4n) is 0.326. The van der Waals surface area contributed by atoms with Gasteiger partial charge in [-0.2, -0.15) is 0 Å². The molecule has 0 aliphatic rings. The molecule has 11 heavy (non-hydrogen) atoms. The van der Waals surface area contributed by atoms with Crippen molar-refractivity contribution in [3.8, 4) is 0 Å². The highest BCUT2D eigenvalue weighted by atomic mass is 16.6. The van der Waals surface area contributed by atoms with Gasteiger partial charge in [0, 0.05) is 19.1 Å². The minimum absolute atomic E-state index is 0.732. The zero-order chi connectivity index (χ0) is 8.85. The van der Waals surface area contributed by atoms with Gasteiger partial charge >= 0.3 is 11.9 Å². The van der Waals surface area contributed by atoms with E-state index in [-0.39, 0.29) is 0 Å². The third-order valence-corrected chi connectivity index (χ3v) is 0.628. The topological polar surface area (TPSA) is 86.5 Å². The molecule has 0 aromatic carbocycles. The lowest BCUT2D eigenvalue weighted by Gasteiger charge is -1.90. The fourth-order valence-corrected chi connectivity index (χ4v) is 0.326. The van der Waals surface area contributed by atoms with Crippen molar-refractivity contribution >= 4 is 17.8 Å². The van der Waals surface area contributed by atoms with Crippen molar-refractivity contribution in [1.29, 1.82) is 0 Å². The Labute approximate surface area is 62.8 Å². The molecule has 5 heteroatoms. The van der Waals surface area contributed by atoms with Gasteiger partial charge in [0.15, 0.2) is 0 Å². The minimum Gasteiger partial charge on any atom is -0.390 e. The molecule has 0 unspecified atom stereocenters. The van der Waals surface area contributed by atoms with E-state index in [0.29, 0.717) is 0 Å². The molecule has 2 N–H and O–H groups in total. The van der Waals surface area contributed by atoms with Gasteiger partial charge in [-0.05, 0) is 0 Å². The molecule has 0 heterocycles. The molecule has 0 spiro atoms. The predicted octanol–water partition coefficient (Wildman–Crippen LogP) is -0.882. The SMILES string of the molecule is CC(=O)OC(=O)/C=C\C(N)=O. The molecule has 0 aromatic heterocycles. The van der Waals surface area contributed by atoms with Gasteiger partial charge in [-0.1, -0.05) is 0 Å².